The summed E-state index contributed by atoms with van der Waals surface area (Å²) in [6.07, 6.45) is 3.57. The number of carbonyl (C=O) groups is 1. The normalized spacial score (nSPS) is 24.4. The van der Waals surface area contributed by atoms with Crippen LogP contribution in [0.3, 0.4) is 0 Å². The summed E-state index contributed by atoms with van der Waals surface area (Å²) in [5.74, 6) is 0.509. The van der Waals surface area contributed by atoms with E-state index in [0.29, 0.717) is 19.1 Å². The van der Waals surface area contributed by atoms with Gasteiger partial charge < -0.3 is 15.8 Å². The molecule has 0 spiro atoms. The SMILES string of the molecule is CC(C)CC(C)(CN)NC(=O)C1CCCCO1. The molecule has 17 heavy (non-hydrogen) atoms. The number of amides is 1. The second kappa shape index (κ2) is 6.36. The molecular weight excluding hydrogens is 216 g/mol. The van der Waals surface area contributed by atoms with E-state index in [-0.39, 0.29) is 17.6 Å². The molecule has 1 saturated heterocycles. The molecule has 0 aromatic rings. The first-order chi connectivity index (χ1) is 7.97. The Morgan fingerprint density at radius 1 is 1.53 bits per heavy atom. The molecular formula is C13H26N2O2. The van der Waals surface area contributed by atoms with E-state index in [1.807, 2.05) is 6.92 Å². The molecule has 1 aliphatic heterocycles. The fraction of sp³-hybridized carbons (Fsp3) is 0.923. The second-order valence-corrected chi connectivity index (χ2v) is 5.71. The van der Waals surface area contributed by atoms with Gasteiger partial charge in [-0.25, -0.2) is 0 Å². The number of carbonyl (C=O) groups excluding carboxylic acids is 1. The van der Waals surface area contributed by atoms with Crippen molar-refractivity contribution in [2.24, 2.45) is 11.7 Å². The summed E-state index contributed by atoms with van der Waals surface area (Å²) in [7, 11) is 0. The number of hydrogen-bond acceptors (Lipinski definition) is 3. The maximum Gasteiger partial charge on any atom is 0.249 e. The van der Waals surface area contributed by atoms with Crippen molar-refractivity contribution in [2.75, 3.05) is 13.2 Å². The third-order valence-corrected chi connectivity index (χ3v) is 3.21. The first-order valence-corrected chi connectivity index (χ1v) is 6.60. The fourth-order valence-corrected chi connectivity index (χ4v) is 2.41. The first kappa shape index (κ1) is 14.5. The van der Waals surface area contributed by atoms with Crippen LogP contribution in [0.15, 0.2) is 0 Å². The molecule has 0 aromatic heterocycles. The Balaban J connectivity index is 2.51. The number of rotatable bonds is 5. The molecule has 3 N–H and O–H groups in total. The van der Waals surface area contributed by atoms with Crippen molar-refractivity contribution in [1.29, 1.82) is 0 Å². The zero-order valence-corrected chi connectivity index (χ0v) is 11.3. The number of nitrogens with two attached hydrogens (primary N) is 1. The average molecular weight is 242 g/mol. The largest absolute Gasteiger partial charge is 0.368 e. The Morgan fingerprint density at radius 3 is 2.71 bits per heavy atom. The lowest BCUT2D eigenvalue weighted by Crippen LogP contribution is -2.55. The summed E-state index contributed by atoms with van der Waals surface area (Å²) in [4.78, 5) is 12.1. The van der Waals surface area contributed by atoms with Crippen LogP contribution in [0, 0.1) is 5.92 Å². The Kier molecular flexibility index (Phi) is 5.40. The van der Waals surface area contributed by atoms with Gasteiger partial charge >= 0.3 is 0 Å². The summed E-state index contributed by atoms with van der Waals surface area (Å²) in [6.45, 7) is 7.44. The maximum absolute atomic E-state index is 12.1. The summed E-state index contributed by atoms with van der Waals surface area (Å²) in [5, 5.41) is 3.06. The van der Waals surface area contributed by atoms with Gasteiger partial charge in [0.1, 0.15) is 6.10 Å². The Morgan fingerprint density at radius 2 is 2.24 bits per heavy atom. The van der Waals surface area contributed by atoms with Gasteiger partial charge in [-0.2, -0.15) is 0 Å². The Bertz CT molecular complexity index is 250. The number of nitrogens with one attached hydrogen (secondary N) is 1. The van der Waals surface area contributed by atoms with Crippen LogP contribution in [-0.4, -0.2) is 30.7 Å². The van der Waals surface area contributed by atoms with Crippen LogP contribution in [0.5, 0.6) is 0 Å². The monoisotopic (exact) mass is 242 g/mol. The van der Waals surface area contributed by atoms with Gasteiger partial charge in [0.25, 0.3) is 0 Å². The van der Waals surface area contributed by atoms with Gasteiger partial charge in [-0.15, -0.1) is 0 Å². The highest BCUT2D eigenvalue weighted by molar-refractivity contribution is 5.81. The van der Waals surface area contributed by atoms with Gasteiger partial charge in [0, 0.05) is 18.7 Å². The molecule has 2 unspecified atom stereocenters. The highest BCUT2D eigenvalue weighted by Gasteiger charge is 2.30. The lowest BCUT2D eigenvalue weighted by Gasteiger charge is -2.33. The zero-order valence-electron chi connectivity index (χ0n) is 11.3. The molecule has 0 bridgehead atoms. The van der Waals surface area contributed by atoms with Gasteiger partial charge in [0.15, 0.2) is 0 Å². The van der Waals surface area contributed by atoms with Crippen molar-refractivity contribution in [3.05, 3.63) is 0 Å². The highest BCUT2D eigenvalue weighted by atomic mass is 16.5. The van der Waals surface area contributed by atoms with E-state index in [1.54, 1.807) is 0 Å². The smallest absolute Gasteiger partial charge is 0.249 e. The minimum absolute atomic E-state index is 0.00157. The lowest BCUT2D eigenvalue weighted by molar-refractivity contribution is -0.137. The van der Waals surface area contributed by atoms with E-state index in [2.05, 4.69) is 19.2 Å². The zero-order chi connectivity index (χ0) is 12.9. The summed E-state index contributed by atoms with van der Waals surface area (Å²) in [6, 6.07) is 0. The van der Waals surface area contributed by atoms with Crippen molar-refractivity contribution in [2.45, 2.75) is 58.1 Å². The van der Waals surface area contributed by atoms with Crippen LogP contribution in [0.1, 0.15) is 46.5 Å². The minimum Gasteiger partial charge on any atom is -0.368 e. The van der Waals surface area contributed by atoms with Crippen LogP contribution in [0.25, 0.3) is 0 Å². The van der Waals surface area contributed by atoms with E-state index in [0.717, 1.165) is 25.7 Å². The Labute approximate surface area is 104 Å². The topological polar surface area (TPSA) is 64.3 Å². The molecule has 4 heteroatoms. The standard InChI is InChI=1S/C13H26N2O2/c1-10(2)8-13(3,9-14)15-12(16)11-6-4-5-7-17-11/h10-11H,4-9,14H2,1-3H3,(H,15,16). The van der Waals surface area contributed by atoms with E-state index in [4.69, 9.17) is 10.5 Å². The van der Waals surface area contributed by atoms with Gasteiger partial charge in [0.2, 0.25) is 5.91 Å². The van der Waals surface area contributed by atoms with Crippen LogP contribution in [0.4, 0.5) is 0 Å². The van der Waals surface area contributed by atoms with Crippen LogP contribution < -0.4 is 11.1 Å². The van der Waals surface area contributed by atoms with Crippen LogP contribution in [0.2, 0.25) is 0 Å². The molecule has 0 aliphatic carbocycles. The molecule has 0 aromatic carbocycles. The third-order valence-electron chi connectivity index (χ3n) is 3.21. The molecule has 1 rings (SSSR count). The molecule has 4 nitrogen and oxygen atoms in total. The van der Waals surface area contributed by atoms with E-state index >= 15 is 0 Å². The average Bonchev–Trinajstić information content (AvgIpc) is 2.29. The summed E-state index contributed by atoms with van der Waals surface area (Å²) >= 11 is 0. The molecule has 2 atom stereocenters. The molecule has 1 aliphatic rings. The minimum atomic E-state index is -0.313. The van der Waals surface area contributed by atoms with Gasteiger partial charge in [-0.05, 0) is 38.5 Å². The first-order valence-electron chi connectivity index (χ1n) is 6.60. The van der Waals surface area contributed by atoms with Gasteiger partial charge in [-0.3, -0.25) is 4.79 Å². The highest BCUT2D eigenvalue weighted by Crippen LogP contribution is 2.18. The van der Waals surface area contributed by atoms with Crippen LogP contribution in [-0.2, 0) is 9.53 Å². The summed E-state index contributed by atoms with van der Waals surface area (Å²) < 4.78 is 5.48. The molecule has 1 amide bonds. The maximum atomic E-state index is 12.1. The molecule has 0 radical (unpaired) electrons. The van der Waals surface area contributed by atoms with Crippen LogP contribution >= 0.6 is 0 Å². The quantitative estimate of drug-likeness (QED) is 0.766. The van der Waals surface area contributed by atoms with Crippen molar-refractivity contribution in [3.63, 3.8) is 0 Å². The van der Waals surface area contributed by atoms with Crippen molar-refractivity contribution >= 4 is 5.91 Å². The fourth-order valence-electron chi connectivity index (χ4n) is 2.41. The van der Waals surface area contributed by atoms with E-state index < -0.39 is 0 Å². The van der Waals surface area contributed by atoms with Gasteiger partial charge in [0.05, 0.1) is 0 Å². The molecule has 100 valence electrons. The second-order valence-electron chi connectivity index (χ2n) is 5.71. The number of hydrogen-bond donors (Lipinski definition) is 2. The third kappa shape index (κ3) is 4.64. The molecule has 1 heterocycles. The predicted octanol–water partition coefficient (Wildman–Crippen LogP) is 1.44. The van der Waals surface area contributed by atoms with Crippen molar-refractivity contribution in [1.82, 2.24) is 5.32 Å². The van der Waals surface area contributed by atoms with E-state index in [1.165, 1.54) is 0 Å². The van der Waals surface area contributed by atoms with E-state index in [9.17, 15) is 4.79 Å². The van der Waals surface area contributed by atoms with Crippen molar-refractivity contribution in [3.8, 4) is 0 Å². The lowest BCUT2D eigenvalue weighted by atomic mass is 9.90. The number of ether oxygens (including phenoxy) is 1. The predicted molar refractivity (Wildman–Crippen MR) is 68.6 cm³/mol. The van der Waals surface area contributed by atoms with Crippen molar-refractivity contribution < 1.29 is 9.53 Å². The summed E-state index contributed by atoms with van der Waals surface area (Å²) in [5.41, 5.74) is 5.46. The molecule has 0 saturated carbocycles. The van der Waals surface area contributed by atoms with Gasteiger partial charge in [-0.1, -0.05) is 13.8 Å². The Hall–Kier alpha value is -0.610. The molecule has 1 fully saturated rings.